The van der Waals surface area contributed by atoms with Crippen LogP contribution in [0.15, 0.2) is 5.16 Å². The lowest BCUT2D eigenvalue weighted by molar-refractivity contribution is -0.0676. The number of oxime groups is 1. The molecule has 3 fully saturated rings. The molecule has 0 aromatic carbocycles. The Morgan fingerprint density at radius 1 is 1.42 bits per heavy atom. The number of hydrogen-bond acceptors (Lipinski definition) is 3. The summed E-state index contributed by atoms with van der Waals surface area (Å²) in [6, 6.07) is 0. The van der Waals surface area contributed by atoms with E-state index < -0.39 is 0 Å². The molecule has 1 atom stereocenters. The average Bonchev–Trinajstić information content (AvgIpc) is 2.17. The maximum absolute atomic E-state index is 5.39. The van der Waals surface area contributed by atoms with Crippen molar-refractivity contribution in [3.63, 3.8) is 0 Å². The van der Waals surface area contributed by atoms with Gasteiger partial charge in [-0.2, -0.15) is 0 Å². The van der Waals surface area contributed by atoms with Crippen molar-refractivity contribution in [3.05, 3.63) is 0 Å². The minimum absolute atomic E-state index is 0.365. The second-order valence-electron chi connectivity index (χ2n) is 3.65. The van der Waals surface area contributed by atoms with E-state index >= 15 is 0 Å². The zero-order valence-corrected chi connectivity index (χ0v) is 7.57. The van der Waals surface area contributed by atoms with Crippen LogP contribution in [-0.2, 0) is 4.84 Å². The summed E-state index contributed by atoms with van der Waals surface area (Å²) in [4.78, 5) is 7.86. The van der Waals surface area contributed by atoms with Crippen molar-refractivity contribution in [2.75, 3.05) is 19.6 Å². The van der Waals surface area contributed by atoms with Crippen LogP contribution >= 0.6 is 0 Å². The predicted octanol–water partition coefficient (Wildman–Crippen LogP) is 1.10. The Morgan fingerprint density at radius 2 is 2.17 bits per heavy atom. The van der Waals surface area contributed by atoms with Crippen LogP contribution in [0.4, 0.5) is 0 Å². The van der Waals surface area contributed by atoms with E-state index in [0.29, 0.717) is 6.10 Å². The maximum Gasteiger partial charge on any atom is 0.143 e. The molecule has 3 rings (SSSR count). The summed E-state index contributed by atoms with van der Waals surface area (Å²) < 4.78 is 0. The Kier molecular flexibility index (Phi) is 2.30. The monoisotopic (exact) mass is 168 g/mol. The fraction of sp³-hybridized carbons (Fsp3) is 0.889. The lowest BCUT2D eigenvalue weighted by Gasteiger charge is -2.42. The van der Waals surface area contributed by atoms with Crippen LogP contribution in [0.1, 0.15) is 19.8 Å². The first-order valence-electron chi connectivity index (χ1n) is 4.76. The Balaban J connectivity index is 1.90. The van der Waals surface area contributed by atoms with Gasteiger partial charge in [-0.05, 0) is 32.9 Å². The summed E-state index contributed by atoms with van der Waals surface area (Å²) >= 11 is 0. The third-order valence-electron chi connectivity index (χ3n) is 2.90. The van der Waals surface area contributed by atoms with Gasteiger partial charge in [0.15, 0.2) is 0 Å². The van der Waals surface area contributed by atoms with E-state index in [2.05, 4.69) is 10.1 Å². The highest BCUT2D eigenvalue weighted by Crippen LogP contribution is 2.29. The molecule has 2 bridgehead atoms. The van der Waals surface area contributed by atoms with Gasteiger partial charge in [0, 0.05) is 18.7 Å². The molecule has 0 radical (unpaired) electrons. The highest BCUT2D eigenvalue weighted by molar-refractivity contribution is 5.52. The van der Waals surface area contributed by atoms with Crippen molar-refractivity contribution in [2.24, 2.45) is 11.1 Å². The zero-order chi connectivity index (χ0) is 8.39. The zero-order valence-electron chi connectivity index (χ0n) is 7.57. The van der Waals surface area contributed by atoms with Crippen molar-refractivity contribution >= 4 is 6.21 Å². The summed E-state index contributed by atoms with van der Waals surface area (Å²) in [6.07, 6.45) is 4.68. The van der Waals surface area contributed by atoms with Crippen LogP contribution in [0.5, 0.6) is 0 Å². The SMILES string of the molecule is C/C=N/O[C@H]1CN2CCC1CC2. The number of nitrogens with zero attached hydrogens (tertiary/aromatic N) is 2. The first-order valence-corrected chi connectivity index (χ1v) is 4.76. The van der Waals surface area contributed by atoms with Crippen molar-refractivity contribution in [1.29, 1.82) is 0 Å². The topological polar surface area (TPSA) is 24.8 Å². The van der Waals surface area contributed by atoms with Crippen LogP contribution < -0.4 is 0 Å². The van der Waals surface area contributed by atoms with Gasteiger partial charge < -0.3 is 4.84 Å². The highest BCUT2D eigenvalue weighted by Gasteiger charge is 2.35. The predicted molar refractivity (Wildman–Crippen MR) is 48.2 cm³/mol. The van der Waals surface area contributed by atoms with E-state index in [1.165, 1.54) is 25.9 Å². The van der Waals surface area contributed by atoms with Gasteiger partial charge in [0.25, 0.3) is 0 Å². The summed E-state index contributed by atoms with van der Waals surface area (Å²) in [5.74, 6) is 0.763. The average molecular weight is 168 g/mol. The molecule has 0 amide bonds. The molecule has 3 nitrogen and oxygen atoms in total. The van der Waals surface area contributed by atoms with Crippen molar-refractivity contribution < 1.29 is 4.84 Å². The van der Waals surface area contributed by atoms with E-state index in [4.69, 9.17) is 4.84 Å². The molecule has 3 heterocycles. The summed E-state index contributed by atoms with van der Waals surface area (Å²) in [7, 11) is 0. The second-order valence-corrected chi connectivity index (χ2v) is 3.65. The van der Waals surface area contributed by atoms with Crippen LogP contribution in [0.3, 0.4) is 0 Å². The minimum Gasteiger partial charge on any atom is -0.391 e. The molecule has 68 valence electrons. The molecule has 3 heteroatoms. The molecule has 3 aliphatic heterocycles. The molecule has 0 saturated carbocycles. The molecule has 0 unspecified atom stereocenters. The number of piperidine rings is 3. The van der Waals surface area contributed by atoms with Crippen LogP contribution in [0, 0.1) is 5.92 Å². The van der Waals surface area contributed by atoms with Gasteiger partial charge >= 0.3 is 0 Å². The lowest BCUT2D eigenvalue weighted by atomic mass is 9.86. The molecule has 0 spiro atoms. The van der Waals surface area contributed by atoms with Gasteiger partial charge in [0.1, 0.15) is 6.10 Å². The Morgan fingerprint density at radius 3 is 2.67 bits per heavy atom. The number of hydrogen-bond donors (Lipinski definition) is 0. The van der Waals surface area contributed by atoms with Gasteiger partial charge in [0.05, 0.1) is 0 Å². The Hall–Kier alpha value is -0.570. The maximum atomic E-state index is 5.39. The summed E-state index contributed by atoms with van der Waals surface area (Å²) in [5, 5.41) is 3.86. The van der Waals surface area contributed by atoms with Gasteiger partial charge in [0.2, 0.25) is 0 Å². The third kappa shape index (κ3) is 1.46. The van der Waals surface area contributed by atoms with Crippen LogP contribution in [0.25, 0.3) is 0 Å². The Bertz CT molecular complexity index is 173. The first-order chi connectivity index (χ1) is 5.90. The molecule has 12 heavy (non-hydrogen) atoms. The van der Waals surface area contributed by atoms with E-state index in [9.17, 15) is 0 Å². The van der Waals surface area contributed by atoms with E-state index in [1.54, 1.807) is 6.21 Å². The standard InChI is InChI=1S/C9H16N2O/c1-2-10-12-9-7-11-5-3-8(9)4-6-11/h2,8-9H,3-7H2,1H3/b10-2+/t9-/m0/s1. The van der Waals surface area contributed by atoms with E-state index in [-0.39, 0.29) is 0 Å². The first kappa shape index (κ1) is 8.05. The number of rotatable bonds is 2. The van der Waals surface area contributed by atoms with Crippen molar-refractivity contribution in [1.82, 2.24) is 4.90 Å². The minimum atomic E-state index is 0.365. The molecular weight excluding hydrogens is 152 g/mol. The lowest BCUT2D eigenvalue weighted by Crippen LogP contribution is -2.50. The second kappa shape index (κ2) is 3.44. The fourth-order valence-corrected chi connectivity index (χ4v) is 2.17. The van der Waals surface area contributed by atoms with Gasteiger partial charge in [-0.15, -0.1) is 0 Å². The molecule has 0 aromatic rings. The molecule has 0 N–H and O–H groups in total. The number of fused-ring (bicyclic) bond motifs is 3. The normalized spacial score (nSPS) is 40.6. The molecule has 3 aliphatic rings. The van der Waals surface area contributed by atoms with Gasteiger partial charge in [-0.25, -0.2) is 0 Å². The van der Waals surface area contributed by atoms with Gasteiger partial charge in [-0.1, -0.05) is 5.16 Å². The molecule has 3 saturated heterocycles. The van der Waals surface area contributed by atoms with Crippen molar-refractivity contribution in [3.8, 4) is 0 Å². The van der Waals surface area contributed by atoms with E-state index in [0.717, 1.165) is 12.5 Å². The molecular formula is C9H16N2O. The molecule has 0 aromatic heterocycles. The van der Waals surface area contributed by atoms with Gasteiger partial charge in [-0.3, -0.25) is 4.90 Å². The van der Waals surface area contributed by atoms with Crippen molar-refractivity contribution in [2.45, 2.75) is 25.9 Å². The third-order valence-corrected chi connectivity index (χ3v) is 2.90. The quantitative estimate of drug-likeness (QED) is 0.455. The fourth-order valence-electron chi connectivity index (χ4n) is 2.17. The highest BCUT2D eigenvalue weighted by atomic mass is 16.6. The summed E-state index contributed by atoms with van der Waals surface area (Å²) in [6.45, 7) is 5.50. The smallest absolute Gasteiger partial charge is 0.143 e. The molecule has 0 aliphatic carbocycles. The van der Waals surface area contributed by atoms with E-state index in [1.807, 2.05) is 6.92 Å². The Labute approximate surface area is 73.4 Å². The summed E-state index contributed by atoms with van der Waals surface area (Å²) in [5.41, 5.74) is 0. The van der Waals surface area contributed by atoms with Crippen LogP contribution in [-0.4, -0.2) is 36.9 Å². The van der Waals surface area contributed by atoms with Crippen LogP contribution in [0.2, 0.25) is 0 Å². The largest absolute Gasteiger partial charge is 0.391 e.